The Morgan fingerprint density at radius 1 is 1.08 bits per heavy atom. The van der Waals surface area contributed by atoms with Gasteiger partial charge in [0.15, 0.2) is 23.0 Å². The molecule has 0 radical (unpaired) electrons. The molecule has 188 valence electrons. The first kappa shape index (κ1) is 24.0. The number of pyridine rings is 1. The monoisotopic (exact) mass is 500 g/mol. The lowest BCUT2D eigenvalue weighted by Gasteiger charge is -2.13. The number of fused-ring (bicyclic) bond motifs is 1. The molecule has 10 heteroatoms. The van der Waals surface area contributed by atoms with Crippen LogP contribution in [0.4, 0.5) is 10.1 Å². The number of ether oxygens (including phenoxy) is 1. The predicted molar refractivity (Wildman–Crippen MR) is 138 cm³/mol. The molecule has 1 amide bonds. The fourth-order valence-corrected chi connectivity index (χ4v) is 4.36. The van der Waals surface area contributed by atoms with Gasteiger partial charge in [0.25, 0.3) is 5.91 Å². The molecule has 0 aliphatic rings. The third-order valence-corrected chi connectivity index (χ3v) is 6.02. The van der Waals surface area contributed by atoms with E-state index in [4.69, 9.17) is 4.74 Å². The van der Waals surface area contributed by atoms with E-state index in [9.17, 15) is 9.59 Å². The molecule has 9 nitrogen and oxygen atoms in total. The van der Waals surface area contributed by atoms with Crippen molar-refractivity contribution >= 4 is 22.8 Å². The number of anilines is 1. The summed E-state index contributed by atoms with van der Waals surface area (Å²) in [4.78, 5) is 32.3. The minimum Gasteiger partial charge on any atom is -0.452 e. The zero-order valence-electron chi connectivity index (χ0n) is 20.7. The topological polar surface area (TPSA) is 107 Å². The van der Waals surface area contributed by atoms with Crippen LogP contribution in [0.1, 0.15) is 41.6 Å². The predicted octanol–water partition coefficient (Wildman–Crippen LogP) is 5.29. The smallest absolute Gasteiger partial charge is 0.328 e. The Balaban J connectivity index is 1.40. The number of nitrogens with one attached hydrogen (secondary N) is 2. The third-order valence-electron chi connectivity index (χ3n) is 6.02. The van der Waals surface area contributed by atoms with Crippen LogP contribution >= 0.6 is 0 Å². The molecule has 2 N–H and O–H groups in total. The lowest BCUT2D eigenvalue weighted by Crippen LogP contribution is -2.18. The molecule has 0 fully saturated rings. The fourth-order valence-electron chi connectivity index (χ4n) is 4.36. The first-order chi connectivity index (χ1) is 17.7. The van der Waals surface area contributed by atoms with Gasteiger partial charge in [-0.25, -0.2) is 18.9 Å². The first-order valence-electron chi connectivity index (χ1n) is 11.7. The number of para-hydroxylation sites is 1. The van der Waals surface area contributed by atoms with Crippen molar-refractivity contribution in [3.8, 4) is 17.2 Å². The molecule has 0 aliphatic heterocycles. The number of nitrogens with zero attached hydrogens (tertiary/aromatic N) is 4. The summed E-state index contributed by atoms with van der Waals surface area (Å²) in [7, 11) is 0. The summed E-state index contributed by atoms with van der Waals surface area (Å²) in [6, 6.07) is 15.1. The molecule has 0 bridgehead atoms. The van der Waals surface area contributed by atoms with E-state index in [1.54, 1.807) is 23.7 Å². The van der Waals surface area contributed by atoms with Crippen molar-refractivity contribution < 1.29 is 13.9 Å². The number of carbonyl (C=O) groups excluding carboxylic acids is 1. The second kappa shape index (κ2) is 9.38. The summed E-state index contributed by atoms with van der Waals surface area (Å²) >= 11 is 0. The minimum absolute atomic E-state index is 0.0567. The number of carbonyl (C=O) groups is 1. The van der Waals surface area contributed by atoms with E-state index < -0.39 is 11.7 Å². The Bertz CT molecular complexity index is 1680. The number of imidazole rings is 1. The molecule has 0 unspecified atom stereocenters. The molecule has 37 heavy (non-hydrogen) atoms. The molecule has 0 spiro atoms. The Morgan fingerprint density at radius 2 is 1.84 bits per heavy atom. The second-order valence-electron chi connectivity index (χ2n) is 8.89. The van der Waals surface area contributed by atoms with Crippen LogP contribution in [-0.2, 0) is 0 Å². The Hall–Kier alpha value is -4.73. The summed E-state index contributed by atoms with van der Waals surface area (Å²) in [5.41, 5.74) is 3.22. The largest absolute Gasteiger partial charge is 0.452 e. The number of aromatic nitrogens is 5. The zero-order valence-corrected chi connectivity index (χ0v) is 20.7. The van der Waals surface area contributed by atoms with E-state index in [0.29, 0.717) is 28.1 Å². The van der Waals surface area contributed by atoms with Crippen molar-refractivity contribution in [3.05, 3.63) is 94.0 Å². The third kappa shape index (κ3) is 4.37. The molecule has 0 saturated heterocycles. The number of benzene rings is 2. The van der Waals surface area contributed by atoms with Gasteiger partial charge in [-0.2, -0.15) is 5.10 Å². The maximum absolute atomic E-state index is 15.1. The van der Waals surface area contributed by atoms with E-state index in [1.165, 1.54) is 22.9 Å². The number of halogens is 1. The molecule has 5 rings (SSSR count). The average Bonchev–Trinajstić information content (AvgIpc) is 3.36. The molecule has 0 atom stereocenters. The SMILES string of the molecule is Cc1nn(-c2ccccc2)c(C)c1C(=O)Nc1ccc(Oc2ccnc3[nH]c(=O)n(C(C)C)c23)c(F)c1. The number of hydrogen-bond acceptors (Lipinski definition) is 5. The first-order valence-corrected chi connectivity index (χ1v) is 11.7. The van der Waals surface area contributed by atoms with E-state index in [2.05, 4.69) is 20.4 Å². The number of H-pyrrole nitrogens is 1. The van der Waals surface area contributed by atoms with Crippen molar-refractivity contribution in [1.82, 2.24) is 24.3 Å². The quantitative estimate of drug-likeness (QED) is 0.329. The normalized spacial score (nSPS) is 11.3. The highest BCUT2D eigenvalue weighted by molar-refractivity contribution is 6.06. The van der Waals surface area contributed by atoms with Crippen molar-refractivity contribution in [2.75, 3.05) is 5.32 Å². The molecular formula is C27H25FN6O3. The number of rotatable bonds is 6. The minimum atomic E-state index is -0.676. The van der Waals surface area contributed by atoms with Crippen LogP contribution in [0.5, 0.6) is 11.5 Å². The van der Waals surface area contributed by atoms with Gasteiger partial charge < -0.3 is 10.1 Å². The van der Waals surface area contributed by atoms with Gasteiger partial charge in [0.05, 0.1) is 22.6 Å². The van der Waals surface area contributed by atoms with Gasteiger partial charge in [0.1, 0.15) is 5.52 Å². The summed E-state index contributed by atoms with van der Waals surface area (Å²) < 4.78 is 24.1. The second-order valence-corrected chi connectivity index (χ2v) is 8.89. The van der Waals surface area contributed by atoms with E-state index in [1.807, 2.05) is 51.1 Å². The number of aryl methyl sites for hydroxylation is 1. The molecule has 3 heterocycles. The molecular weight excluding hydrogens is 475 g/mol. The highest BCUT2D eigenvalue weighted by atomic mass is 19.1. The molecule has 0 saturated carbocycles. The lowest BCUT2D eigenvalue weighted by molar-refractivity contribution is 0.102. The van der Waals surface area contributed by atoms with Gasteiger partial charge in [-0.05, 0) is 52.0 Å². The Morgan fingerprint density at radius 3 is 2.54 bits per heavy atom. The van der Waals surface area contributed by atoms with Crippen LogP contribution in [0.2, 0.25) is 0 Å². The van der Waals surface area contributed by atoms with Gasteiger partial charge in [0.2, 0.25) is 0 Å². The Labute approximate surface area is 211 Å². The van der Waals surface area contributed by atoms with Crippen molar-refractivity contribution in [2.45, 2.75) is 33.7 Å². The van der Waals surface area contributed by atoms with Crippen LogP contribution in [0.3, 0.4) is 0 Å². The molecule has 5 aromatic rings. The van der Waals surface area contributed by atoms with Crippen LogP contribution in [-0.4, -0.2) is 30.2 Å². The molecule has 0 aliphatic carbocycles. The van der Waals surface area contributed by atoms with Crippen molar-refractivity contribution in [2.24, 2.45) is 0 Å². The van der Waals surface area contributed by atoms with Gasteiger partial charge >= 0.3 is 5.69 Å². The highest BCUT2D eigenvalue weighted by Gasteiger charge is 2.21. The standard InChI is InChI=1S/C27H25FN6O3/c1-15(2)33-24-22(12-13-29-25(24)31-27(33)36)37-21-11-10-18(14-20(21)28)30-26(35)23-16(3)32-34(17(23)4)19-8-6-5-7-9-19/h5-15H,1-4H3,(H,30,35)(H,29,31,36). The van der Waals surface area contributed by atoms with Crippen LogP contribution < -0.4 is 15.7 Å². The Kier molecular flexibility index (Phi) is 6.08. The summed E-state index contributed by atoms with van der Waals surface area (Å²) in [6.45, 7) is 7.28. The molecule has 3 aromatic heterocycles. The zero-order chi connectivity index (χ0) is 26.3. The number of amides is 1. The summed E-state index contributed by atoms with van der Waals surface area (Å²) in [6.07, 6.45) is 1.48. The van der Waals surface area contributed by atoms with Gasteiger partial charge in [0, 0.05) is 30.1 Å². The van der Waals surface area contributed by atoms with Gasteiger partial charge in [-0.1, -0.05) is 18.2 Å². The highest BCUT2D eigenvalue weighted by Crippen LogP contribution is 2.32. The van der Waals surface area contributed by atoms with Crippen molar-refractivity contribution in [3.63, 3.8) is 0 Å². The van der Waals surface area contributed by atoms with E-state index in [-0.39, 0.29) is 28.9 Å². The van der Waals surface area contributed by atoms with Crippen LogP contribution in [0, 0.1) is 19.7 Å². The molecule has 2 aromatic carbocycles. The lowest BCUT2D eigenvalue weighted by atomic mass is 10.1. The average molecular weight is 501 g/mol. The van der Waals surface area contributed by atoms with Crippen LogP contribution in [0.15, 0.2) is 65.6 Å². The number of aromatic amines is 1. The van der Waals surface area contributed by atoms with Gasteiger partial charge in [-0.15, -0.1) is 0 Å². The summed E-state index contributed by atoms with van der Waals surface area (Å²) in [5, 5.41) is 7.24. The number of hydrogen-bond donors (Lipinski definition) is 2. The summed E-state index contributed by atoms with van der Waals surface area (Å²) in [5.74, 6) is -0.842. The fraction of sp³-hybridized carbons (Fsp3) is 0.185. The van der Waals surface area contributed by atoms with Crippen LogP contribution in [0.25, 0.3) is 16.9 Å². The van der Waals surface area contributed by atoms with Crippen molar-refractivity contribution in [1.29, 1.82) is 0 Å². The van der Waals surface area contributed by atoms with E-state index >= 15 is 4.39 Å². The maximum Gasteiger partial charge on any atom is 0.328 e. The van der Waals surface area contributed by atoms with E-state index in [0.717, 1.165) is 5.69 Å². The maximum atomic E-state index is 15.1. The van der Waals surface area contributed by atoms with Gasteiger partial charge in [-0.3, -0.25) is 14.3 Å².